The molecule has 0 spiro atoms. The molecule has 0 saturated heterocycles. The Morgan fingerprint density at radius 2 is 1.95 bits per heavy atom. The van der Waals surface area contributed by atoms with Crippen LogP contribution in [0.15, 0.2) is 24.4 Å². The molecule has 1 rings (SSSR count). The van der Waals surface area contributed by atoms with Gasteiger partial charge < -0.3 is 9.84 Å². The summed E-state index contributed by atoms with van der Waals surface area (Å²) in [6, 6.07) is 2.80. The zero-order valence-corrected chi connectivity index (χ0v) is 13.0. The van der Waals surface area contributed by atoms with Crippen molar-refractivity contribution in [1.29, 1.82) is 0 Å². The molecule has 0 saturated carbocycles. The summed E-state index contributed by atoms with van der Waals surface area (Å²) in [6.07, 6.45) is 5.49. The van der Waals surface area contributed by atoms with Gasteiger partial charge in [0, 0.05) is 18.3 Å². The van der Waals surface area contributed by atoms with E-state index in [4.69, 9.17) is 32.8 Å². The van der Waals surface area contributed by atoms with E-state index >= 15 is 0 Å². The van der Waals surface area contributed by atoms with Gasteiger partial charge in [-0.3, -0.25) is 10.3 Å². The summed E-state index contributed by atoms with van der Waals surface area (Å²) in [6.45, 7) is 4.37. The number of phenolic OH excluding ortho intramolecular Hbond substituents is 1. The molecule has 1 aromatic rings. The Morgan fingerprint density at radius 1 is 1.30 bits per heavy atom. The highest BCUT2D eigenvalue weighted by Crippen LogP contribution is 2.36. The zero-order chi connectivity index (χ0) is 15.0. The van der Waals surface area contributed by atoms with Gasteiger partial charge in [0.05, 0.1) is 22.8 Å². The first-order valence-corrected chi connectivity index (χ1v) is 7.13. The average molecular weight is 320 g/mol. The van der Waals surface area contributed by atoms with Gasteiger partial charge in [0.15, 0.2) is 5.75 Å². The van der Waals surface area contributed by atoms with Crippen molar-refractivity contribution in [2.24, 2.45) is 0 Å². The van der Waals surface area contributed by atoms with Crippen molar-refractivity contribution in [3.63, 3.8) is 0 Å². The summed E-state index contributed by atoms with van der Waals surface area (Å²) in [5, 5.41) is 9.90. The lowest BCUT2D eigenvalue weighted by Gasteiger charge is -2.09. The van der Waals surface area contributed by atoms with Crippen molar-refractivity contribution in [1.82, 2.24) is 5.48 Å². The Morgan fingerprint density at radius 3 is 2.55 bits per heavy atom. The Labute approximate surface area is 129 Å². The number of rotatable bonds is 8. The van der Waals surface area contributed by atoms with Crippen LogP contribution in [0.2, 0.25) is 10.0 Å². The predicted molar refractivity (Wildman–Crippen MR) is 81.4 cm³/mol. The first kappa shape index (κ1) is 17.0. The van der Waals surface area contributed by atoms with Crippen molar-refractivity contribution >= 4 is 23.2 Å². The van der Waals surface area contributed by atoms with Crippen molar-refractivity contribution in [2.75, 3.05) is 6.61 Å². The molecule has 2 N–H and O–H groups in total. The third-order valence-electron chi connectivity index (χ3n) is 2.23. The van der Waals surface area contributed by atoms with Crippen molar-refractivity contribution in [2.45, 2.75) is 32.8 Å². The lowest BCUT2D eigenvalue weighted by Crippen LogP contribution is -2.13. The van der Waals surface area contributed by atoms with E-state index in [1.807, 2.05) is 19.9 Å². The Kier molecular flexibility index (Phi) is 7.59. The van der Waals surface area contributed by atoms with Crippen molar-refractivity contribution in [3.8, 4) is 11.5 Å². The Balaban J connectivity index is 2.25. The number of phenols is 1. The van der Waals surface area contributed by atoms with Crippen LogP contribution in [0.5, 0.6) is 11.5 Å². The van der Waals surface area contributed by atoms with Gasteiger partial charge in [-0.05, 0) is 26.7 Å². The van der Waals surface area contributed by atoms with Crippen LogP contribution in [0.1, 0.15) is 26.7 Å². The van der Waals surface area contributed by atoms with Gasteiger partial charge in [-0.15, -0.1) is 0 Å². The molecule has 0 amide bonds. The normalized spacial score (nSPS) is 11.2. The fourth-order valence-corrected chi connectivity index (χ4v) is 1.95. The molecule has 0 heterocycles. The topological polar surface area (TPSA) is 50.7 Å². The molecular formula is C14H19Cl2NO3. The number of allylic oxidation sites excluding steroid dienone is 1. The second-order valence-corrected chi connectivity index (χ2v) is 5.23. The van der Waals surface area contributed by atoms with E-state index in [-0.39, 0.29) is 11.9 Å². The van der Waals surface area contributed by atoms with Crippen molar-refractivity contribution in [3.05, 3.63) is 34.5 Å². The number of aromatic hydroxyl groups is 1. The molecule has 0 bridgehead atoms. The first-order chi connectivity index (χ1) is 9.50. The molecule has 4 nitrogen and oxygen atoms in total. The SMILES string of the molecule is CC(C)ONC=CCCCOc1c(Cl)cc(O)cc1Cl. The van der Waals surface area contributed by atoms with Crippen LogP contribution in [0.4, 0.5) is 0 Å². The third-order valence-corrected chi connectivity index (χ3v) is 2.80. The summed E-state index contributed by atoms with van der Waals surface area (Å²) in [7, 11) is 0. The molecule has 0 aliphatic heterocycles. The van der Waals surface area contributed by atoms with Gasteiger partial charge >= 0.3 is 0 Å². The van der Waals surface area contributed by atoms with Crippen LogP contribution in [-0.2, 0) is 4.84 Å². The fourth-order valence-electron chi connectivity index (χ4n) is 1.37. The largest absolute Gasteiger partial charge is 0.508 e. The molecule has 112 valence electrons. The number of unbranched alkanes of at least 4 members (excludes halogenated alkanes) is 1. The summed E-state index contributed by atoms with van der Waals surface area (Å²) in [4.78, 5) is 5.13. The van der Waals surface area contributed by atoms with Crippen molar-refractivity contribution < 1.29 is 14.7 Å². The van der Waals surface area contributed by atoms with E-state index in [0.29, 0.717) is 22.4 Å². The average Bonchev–Trinajstić information content (AvgIpc) is 2.34. The van der Waals surface area contributed by atoms with Gasteiger partial charge in [0.1, 0.15) is 5.75 Å². The lowest BCUT2D eigenvalue weighted by atomic mass is 10.3. The predicted octanol–water partition coefficient (Wildman–Crippen LogP) is 4.30. The highest BCUT2D eigenvalue weighted by Gasteiger charge is 2.08. The quantitative estimate of drug-likeness (QED) is 0.554. The van der Waals surface area contributed by atoms with E-state index in [9.17, 15) is 5.11 Å². The van der Waals surface area contributed by atoms with Gasteiger partial charge in [-0.2, -0.15) is 0 Å². The highest BCUT2D eigenvalue weighted by atomic mass is 35.5. The van der Waals surface area contributed by atoms with Crippen LogP contribution >= 0.6 is 23.2 Å². The summed E-state index contributed by atoms with van der Waals surface area (Å²) < 4.78 is 5.51. The van der Waals surface area contributed by atoms with E-state index in [2.05, 4.69) is 5.48 Å². The first-order valence-electron chi connectivity index (χ1n) is 6.37. The summed E-state index contributed by atoms with van der Waals surface area (Å²) >= 11 is 11.9. The van der Waals surface area contributed by atoms with Gasteiger partial charge in [0.2, 0.25) is 0 Å². The second-order valence-electron chi connectivity index (χ2n) is 4.42. The molecule has 0 radical (unpaired) electrons. The number of ether oxygens (including phenoxy) is 1. The third kappa shape index (κ3) is 6.37. The molecule has 0 atom stereocenters. The number of hydrogen-bond donors (Lipinski definition) is 2. The minimum absolute atomic E-state index is 0.0199. The standard InChI is InChI=1S/C14H19Cl2NO3/c1-10(2)20-17-6-4-3-5-7-19-14-12(15)8-11(18)9-13(14)16/h4,6,8-10,17-18H,3,5,7H2,1-2H3. The minimum Gasteiger partial charge on any atom is -0.508 e. The number of halogens is 2. The minimum atomic E-state index is 0.0199. The zero-order valence-electron chi connectivity index (χ0n) is 11.5. The van der Waals surface area contributed by atoms with E-state index in [1.54, 1.807) is 6.20 Å². The van der Waals surface area contributed by atoms with E-state index in [0.717, 1.165) is 12.8 Å². The van der Waals surface area contributed by atoms with Crippen LogP contribution in [0.3, 0.4) is 0 Å². The number of benzene rings is 1. The molecule has 0 aromatic heterocycles. The Bertz CT molecular complexity index is 427. The number of hydrogen-bond acceptors (Lipinski definition) is 4. The molecule has 1 aromatic carbocycles. The molecule has 0 aliphatic carbocycles. The number of nitrogens with one attached hydrogen (secondary N) is 1. The second kappa shape index (κ2) is 8.95. The monoisotopic (exact) mass is 319 g/mol. The van der Waals surface area contributed by atoms with Gasteiger partial charge in [-0.1, -0.05) is 29.3 Å². The van der Waals surface area contributed by atoms with E-state index < -0.39 is 0 Å². The highest BCUT2D eigenvalue weighted by molar-refractivity contribution is 6.37. The molecule has 0 unspecified atom stereocenters. The van der Waals surface area contributed by atoms with Crippen LogP contribution in [-0.4, -0.2) is 17.8 Å². The lowest BCUT2D eigenvalue weighted by molar-refractivity contribution is 0.0210. The summed E-state index contributed by atoms with van der Waals surface area (Å²) in [5.74, 6) is 0.419. The van der Waals surface area contributed by atoms with Gasteiger partial charge in [-0.25, -0.2) is 0 Å². The molecular weight excluding hydrogens is 301 g/mol. The van der Waals surface area contributed by atoms with Crippen LogP contribution in [0.25, 0.3) is 0 Å². The maximum Gasteiger partial charge on any atom is 0.156 e. The molecule has 0 aliphatic rings. The molecule has 0 fully saturated rings. The number of hydroxylamine groups is 1. The summed E-state index contributed by atoms with van der Waals surface area (Å²) in [5.41, 5.74) is 2.73. The molecule has 20 heavy (non-hydrogen) atoms. The fraction of sp³-hybridized carbons (Fsp3) is 0.429. The van der Waals surface area contributed by atoms with Crippen LogP contribution < -0.4 is 10.2 Å². The Hall–Kier alpha value is -1.10. The smallest absolute Gasteiger partial charge is 0.156 e. The maximum atomic E-state index is 9.30. The van der Waals surface area contributed by atoms with E-state index in [1.165, 1.54) is 12.1 Å². The van der Waals surface area contributed by atoms with Crippen LogP contribution in [0, 0.1) is 0 Å². The van der Waals surface area contributed by atoms with Gasteiger partial charge in [0.25, 0.3) is 0 Å². The maximum absolute atomic E-state index is 9.30. The molecule has 6 heteroatoms.